The van der Waals surface area contributed by atoms with Gasteiger partial charge in [-0.25, -0.2) is 0 Å². The van der Waals surface area contributed by atoms with Gasteiger partial charge in [0.1, 0.15) is 0 Å². The predicted octanol–water partition coefficient (Wildman–Crippen LogP) is 2.04. The predicted molar refractivity (Wildman–Crippen MR) is 77.0 cm³/mol. The fourth-order valence-corrected chi connectivity index (χ4v) is 3.39. The largest absolute Gasteiger partial charge is 0.312 e. The lowest BCUT2D eigenvalue weighted by atomic mass is 9.94. The smallest absolute Gasteiger partial charge is 0.0764 e. The first kappa shape index (κ1) is 13.1. The third-order valence-corrected chi connectivity index (χ3v) is 4.77. The van der Waals surface area contributed by atoms with Gasteiger partial charge in [0.2, 0.25) is 0 Å². The summed E-state index contributed by atoms with van der Waals surface area (Å²) < 4.78 is 2.11. The minimum absolute atomic E-state index is 0.511. The van der Waals surface area contributed by atoms with E-state index in [9.17, 15) is 0 Å². The Kier molecular flexibility index (Phi) is 3.89. The SMILES string of the molecule is CCC(C)n1ccc(CN2CC3CCCNC3C2)n1. The van der Waals surface area contributed by atoms with Crippen molar-refractivity contribution >= 4 is 0 Å². The van der Waals surface area contributed by atoms with Gasteiger partial charge in [0.15, 0.2) is 0 Å². The molecule has 2 aliphatic rings. The molecule has 0 spiro atoms. The molecule has 3 heterocycles. The van der Waals surface area contributed by atoms with E-state index in [4.69, 9.17) is 5.10 Å². The zero-order valence-electron chi connectivity index (χ0n) is 12.2. The third kappa shape index (κ3) is 2.84. The molecule has 4 heteroatoms. The van der Waals surface area contributed by atoms with Crippen molar-refractivity contribution < 1.29 is 0 Å². The number of nitrogens with zero attached hydrogens (tertiary/aromatic N) is 3. The first-order valence-electron chi connectivity index (χ1n) is 7.76. The van der Waals surface area contributed by atoms with E-state index in [1.54, 1.807) is 0 Å². The molecular formula is C15H26N4. The van der Waals surface area contributed by atoms with Crippen molar-refractivity contribution in [3.63, 3.8) is 0 Å². The Hall–Kier alpha value is -0.870. The molecule has 0 bridgehead atoms. The van der Waals surface area contributed by atoms with Crippen molar-refractivity contribution in [3.05, 3.63) is 18.0 Å². The van der Waals surface area contributed by atoms with E-state index in [-0.39, 0.29) is 0 Å². The number of hydrogen-bond donors (Lipinski definition) is 1. The molecule has 2 aliphatic heterocycles. The number of hydrogen-bond acceptors (Lipinski definition) is 3. The highest BCUT2D eigenvalue weighted by Gasteiger charge is 2.34. The first-order chi connectivity index (χ1) is 9.26. The van der Waals surface area contributed by atoms with Crippen LogP contribution in [-0.4, -0.2) is 40.4 Å². The zero-order chi connectivity index (χ0) is 13.2. The number of nitrogens with one attached hydrogen (secondary N) is 1. The second-order valence-corrected chi connectivity index (χ2v) is 6.20. The summed E-state index contributed by atoms with van der Waals surface area (Å²) in [5.74, 6) is 0.866. The summed E-state index contributed by atoms with van der Waals surface area (Å²) >= 11 is 0. The summed E-state index contributed by atoms with van der Waals surface area (Å²) in [6.07, 6.45) is 6.01. The number of rotatable bonds is 4. The van der Waals surface area contributed by atoms with Gasteiger partial charge in [0, 0.05) is 37.9 Å². The standard InChI is InChI=1S/C15H26N4/c1-3-12(2)19-8-6-14(17-19)10-18-9-13-5-4-7-16-15(13)11-18/h6,8,12-13,15-16H,3-5,7,9-11H2,1-2H3. The summed E-state index contributed by atoms with van der Waals surface area (Å²) in [5.41, 5.74) is 1.22. The van der Waals surface area contributed by atoms with Gasteiger partial charge in [-0.1, -0.05) is 6.92 Å². The summed E-state index contributed by atoms with van der Waals surface area (Å²) in [4.78, 5) is 2.57. The Morgan fingerprint density at radius 1 is 1.47 bits per heavy atom. The highest BCUT2D eigenvalue weighted by atomic mass is 15.3. The zero-order valence-corrected chi connectivity index (χ0v) is 12.2. The number of piperidine rings is 1. The third-order valence-electron chi connectivity index (χ3n) is 4.77. The lowest BCUT2D eigenvalue weighted by Crippen LogP contribution is -2.40. The summed E-state index contributed by atoms with van der Waals surface area (Å²) in [6, 6.07) is 3.42. The van der Waals surface area contributed by atoms with Gasteiger partial charge in [-0.2, -0.15) is 5.10 Å². The van der Waals surface area contributed by atoms with Crippen LogP contribution in [0.25, 0.3) is 0 Å². The quantitative estimate of drug-likeness (QED) is 0.901. The Morgan fingerprint density at radius 2 is 2.37 bits per heavy atom. The van der Waals surface area contributed by atoms with Gasteiger partial charge >= 0.3 is 0 Å². The van der Waals surface area contributed by atoms with Crippen molar-refractivity contribution in [2.45, 2.75) is 51.7 Å². The number of likely N-dealkylation sites (tertiary alicyclic amines) is 1. The Labute approximate surface area is 116 Å². The van der Waals surface area contributed by atoms with Crippen LogP contribution in [0.4, 0.5) is 0 Å². The van der Waals surface area contributed by atoms with Crippen LogP contribution < -0.4 is 5.32 Å². The van der Waals surface area contributed by atoms with Crippen LogP contribution in [0.15, 0.2) is 12.3 Å². The molecule has 0 amide bonds. The fourth-order valence-electron chi connectivity index (χ4n) is 3.39. The molecule has 1 aromatic heterocycles. The summed E-state index contributed by atoms with van der Waals surface area (Å²) in [5, 5.41) is 8.38. The molecule has 19 heavy (non-hydrogen) atoms. The van der Waals surface area contributed by atoms with Crippen LogP contribution in [0.5, 0.6) is 0 Å². The van der Waals surface area contributed by atoms with E-state index in [0.717, 1.165) is 24.9 Å². The van der Waals surface area contributed by atoms with E-state index in [1.165, 1.54) is 38.2 Å². The minimum atomic E-state index is 0.511. The summed E-state index contributed by atoms with van der Waals surface area (Å²) in [7, 11) is 0. The normalized spacial score (nSPS) is 29.4. The molecule has 0 radical (unpaired) electrons. The number of aromatic nitrogens is 2. The fraction of sp³-hybridized carbons (Fsp3) is 0.800. The number of fused-ring (bicyclic) bond motifs is 1. The molecule has 3 unspecified atom stereocenters. The molecule has 2 fully saturated rings. The van der Waals surface area contributed by atoms with Gasteiger partial charge in [-0.15, -0.1) is 0 Å². The van der Waals surface area contributed by atoms with E-state index in [0.29, 0.717) is 6.04 Å². The molecule has 1 N–H and O–H groups in total. The van der Waals surface area contributed by atoms with Crippen LogP contribution in [0.2, 0.25) is 0 Å². The first-order valence-corrected chi connectivity index (χ1v) is 7.76. The lowest BCUT2D eigenvalue weighted by Gasteiger charge is -2.24. The molecule has 3 atom stereocenters. The molecule has 2 saturated heterocycles. The van der Waals surface area contributed by atoms with Gasteiger partial charge in [0.25, 0.3) is 0 Å². The highest BCUT2D eigenvalue weighted by Crippen LogP contribution is 2.25. The average molecular weight is 262 g/mol. The minimum Gasteiger partial charge on any atom is -0.312 e. The van der Waals surface area contributed by atoms with Crippen molar-refractivity contribution in [2.24, 2.45) is 5.92 Å². The van der Waals surface area contributed by atoms with Gasteiger partial charge in [-0.05, 0) is 44.7 Å². The average Bonchev–Trinajstić information content (AvgIpc) is 3.04. The molecule has 0 saturated carbocycles. The molecular weight excluding hydrogens is 236 g/mol. The van der Waals surface area contributed by atoms with Gasteiger partial charge in [0.05, 0.1) is 5.69 Å². The second-order valence-electron chi connectivity index (χ2n) is 6.20. The Balaban J connectivity index is 1.58. The molecule has 1 aromatic rings. The van der Waals surface area contributed by atoms with E-state index in [1.807, 2.05) is 0 Å². The van der Waals surface area contributed by atoms with Crippen LogP contribution in [0, 0.1) is 5.92 Å². The van der Waals surface area contributed by atoms with Crippen molar-refractivity contribution in [1.29, 1.82) is 0 Å². The maximum absolute atomic E-state index is 4.72. The van der Waals surface area contributed by atoms with Crippen LogP contribution in [-0.2, 0) is 6.54 Å². The molecule has 0 aliphatic carbocycles. The highest BCUT2D eigenvalue weighted by molar-refractivity contribution is 5.02. The second kappa shape index (κ2) is 5.63. The van der Waals surface area contributed by atoms with Crippen molar-refractivity contribution in [2.75, 3.05) is 19.6 Å². The summed E-state index contributed by atoms with van der Waals surface area (Å²) in [6.45, 7) is 9.10. The van der Waals surface area contributed by atoms with Crippen LogP contribution in [0.3, 0.4) is 0 Å². The van der Waals surface area contributed by atoms with Crippen LogP contribution >= 0.6 is 0 Å². The van der Waals surface area contributed by atoms with Gasteiger partial charge in [-0.3, -0.25) is 9.58 Å². The maximum atomic E-state index is 4.72. The monoisotopic (exact) mass is 262 g/mol. The van der Waals surface area contributed by atoms with Gasteiger partial charge < -0.3 is 5.32 Å². The van der Waals surface area contributed by atoms with Crippen molar-refractivity contribution in [1.82, 2.24) is 20.0 Å². The molecule has 4 nitrogen and oxygen atoms in total. The molecule has 0 aromatic carbocycles. The van der Waals surface area contributed by atoms with Crippen molar-refractivity contribution in [3.8, 4) is 0 Å². The Morgan fingerprint density at radius 3 is 3.16 bits per heavy atom. The molecule has 106 valence electrons. The van der Waals surface area contributed by atoms with E-state index < -0.39 is 0 Å². The Bertz CT molecular complexity index is 400. The maximum Gasteiger partial charge on any atom is 0.0764 e. The lowest BCUT2D eigenvalue weighted by molar-refractivity contribution is 0.307. The van der Waals surface area contributed by atoms with Crippen LogP contribution in [0.1, 0.15) is 44.8 Å². The van der Waals surface area contributed by atoms with E-state index >= 15 is 0 Å². The topological polar surface area (TPSA) is 33.1 Å². The molecule has 3 rings (SSSR count). The van der Waals surface area contributed by atoms with E-state index in [2.05, 4.69) is 41.0 Å².